The van der Waals surface area contributed by atoms with Gasteiger partial charge in [0.2, 0.25) is 5.79 Å². The molecule has 5 nitrogen and oxygen atoms in total. The van der Waals surface area contributed by atoms with E-state index in [0.717, 1.165) is 19.2 Å². The van der Waals surface area contributed by atoms with Crippen LogP contribution in [-0.4, -0.2) is 44.1 Å². The summed E-state index contributed by atoms with van der Waals surface area (Å²) in [5, 5.41) is 0. The molecule has 0 aromatic rings. The van der Waals surface area contributed by atoms with Gasteiger partial charge in [-0.1, -0.05) is 20.2 Å². The highest BCUT2D eigenvalue weighted by molar-refractivity contribution is 6.08. The Morgan fingerprint density at radius 2 is 1.82 bits per heavy atom. The highest BCUT2D eigenvalue weighted by Crippen LogP contribution is 2.64. The molecule has 0 N–H and O–H groups in total. The van der Waals surface area contributed by atoms with Crippen LogP contribution >= 0.6 is 0 Å². The first-order chi connectivity index (χ1) is 13.1. The molecular formula is C19H30BF3O5. The van der Waals surface area contributed by atoms with Gasteiger partial charge in [0.05, 0.1) is 0 Å². The van der Waals surface area contributed by atoms with Crippen LogP contribution in [-0.2, 0) is 24.0 Å². The molecule has 5 rings (SSSR count). The van der Waals surface area contributed by atoms with Crippen LogP contribution in [0.25, 0.3) is 0 Å². The van der Waals surface area contributed by atoms with E-state index in [2.05, 4.69) is 6.92 Å². The molecule has 4 heterocycles. The molecule has 8 atom stereocenters. The van der Waals surface area contributed by atoms with Gasteiger partial charge in [-0.15, -0.1) is 0 Å². The lowest BCUT2D eigenvalue weighted by molar-refractivity contribution is -0.598. The lowest BCUT2D eigenvalue weighted by Crippen LogP contribution is -2.76. The monoisotopic (exact) mass is 406 g/mol. The summed E-state index contributed by atoms with van der Waals surface area (Å²) in [5.74, 6) is -4.87. The normalized spacial score (nSPS) is 50.9. The first-order valence-electron chi connectivity index (χ1n) is 10.5. The average Bonchev–Trinajstić information content (AvgIpc) is 2.84. The second-order valence-electron chi connectivity index (χ2n) is 9.18. The molecule has 4 aliphatic heterocycles. The van der Waals surface area contributed by atoms with Crippen molar-refractivity contribution >= 4 is 7.85 Å². The molecule has 0 amide bonds. The fourth-order valence-electron chi connectivity index (χ4n) is 5.86. The number of alkyl halides is 3. The van der Waals surface area contributed by atoms with E-state index in [-0.39, 0.29) is 12.5 Å². The summed E-state index contributed by atoms with van der Waals surface area (Å²) in [6.07, 6.45) is -1.82. The predicted molar refractivity (Wildman–Crippen MR) is 95.7 cm³/mol. The Morgan fingerprint density at radius 3 is 2.50 bits per heavy atom. The molecule has 5 fully saturated rings. The molecule has 1 spiro atoms. The quantitative estimate of drug-likeness (QED) is 0.406. The minimum Gasteiger partial charge on any atom is -0.342 e. The second kappa shape index (κ2) is 6.84. The van der Waals surface area contributed by atoms with Crippen LogP contribution in [0.2, 0.25) is 6.32 Å². The molecule has 0 unspecified atom stereocenters. The average molecular weight is 406 g/mol. The van der Waals surface area contributed by atoms with Gasteiger partial charge in [0.1, 0.15) is 7.85 Å². The van der Waals surface area contributed by atoms with Crippen LogP contribution in [0.4, 0.5) is 13.2 Å². The lowest BCUT2D eigenvalue weighted by atomic mass is 9.57. The van der Waals surface area contributed by atoms with Gasteiger partial charge in [-0.05, 0) is 44.4 Å². The zero-order valence-corrected chi connectivity index (χ0v) is 17.0. The molecule has 0 aromatic heterocycles. The van der Waals surface area contributed by atoms with E-state index in [1.165, 1.54) is 0 Å². The van der Waals surface area contributed by atoms with E-state index in [1.54, 1.807) is 13.8 Å². The molecule has 5 aliphatic rings. The van der Waals surface area contributed by atoms with E-state index in [1.807, 2.05) is 7.85 Å². The van der Waals surface area contributed by atoms with Gasteiger partial charge in [0, 0.05) is 24.9 Å². The van der Waals surface area contributed by atoms with Crippen molar-refractivity contribution < 1.29 is 37.2 Å². The van der Waals surface area contributed by atoms with Crippen molar-refractivity contribution in [2.45, 2.75) is 88.8 Å². The Balaban J connectivity index is 1.78. The number of rotatable bonds is 4. The standard InChI is InChI=1S/C19H30BF3O5/c1-11-5-6-14-12(2)18(19(21,22)23,24-10-4-9-20)26-15-17(14)13(11)7-8-16(3,25-15)27-28-17/h11-15H,4-10,20H2,1-3H3/t11-,12-,13+,14+,15+,16+,17-,18-/m1/s1. The third kappa shape index (κ3) is 2.80. The lowest BCUT2D eigenvalue weighted by Gasteiger charge is -2.62. The van der Waals surface area contributed by atoms with E-state index in [9.17, 15) is 13.2 Å². The third-order valence-corrected chi connectivity index (χ3v) is 7.47. The maximum Gasteiger partial charge on any atom is 0.443 e. The smallest absolute Gasteiger partial charge is 0.342 e. The molecule has 1 aliphatic carbocycles. The minimum absolute atomic E-state index is 0.0127. The second-order valence-corrected chi connectivity index (χ2v) is 9.18. The number of ether oxygens (including phenoxy) is 3. The molecule has 1 saturated carbocycles. The van der Waals surface area contributed by atoms with Crippen molar-refractivity contribution in [1.29, 1.82) is 0 Å². The van der Waals surface area contributed by atoms with E-state index < -0.39 is 41.5 Å². The van der Waals surface area contributed by atoms with Crippen LogP contribution < -0.4 is 0 Å². The SMILES string of the molecule is BCCCO[C@@]1(C(F)(F)F)O[C@@H]2O[C@]3(C)CC[C@H]4[C@H](C)CC[C@@H]([C@H]1C)[C@@]24OO3. The summed E-state index contributed by atoms with van der Waals surface area (Å²) in [4.78, 5) is 11.6. The maximum atomic E-state index is 14.4. The molecule has 0 aromatic carbocycles. The Hall–Kier alpha value is -0.345. The Labute approximate surface area is 164 Å². The van der Waals surface area contributed by atoms with Crippen molar-refractivity contribution in [2.24, 2.45) is 23.7 Å². The van der Waals surface area contributed by atoms with Gasteiger partial charge in [-0.25, -0.2) is 9.78 Å². The van der Waals surface area contributed by atoms with Crippen LogP contribution in [0.3, 0.4) is 0 Å². The highest BCUT2D eigenvalue weighted by Gasteiger charge is 2.77. The van der Waals surface area contributed by atoms with E-state index >= 15 is 0 Å². The minimum atomic E-state index is -4.68. The summed E-state index contributed by atoms with van der Waals surface area (Å²) < 4.78 is 60.5. The Bertz CT molecular complexity index is 607. The predicted octanol–water partition coefficient (Wildman–Crippen LogP) is 3.59. The van der Waals surface area contributed by atoms with Gasteiger partial charge in [-0.2, -0.15) is 13.2 Å². The van der Waals surface area contributed by atoms with Crippen molar-refractivity contribution in [3.8, 4) is 0 Å². The van der Waals surface area contributed by atoms with Crippen LogP contribution in [0.5, 0.6) is 0 Å². The fourth-order valence-corrected chi connectivity index (χ4v) is 5.86. The zero-order valence-electron chi connectivity index (χ0n) is 17.0. The van der Waals surface area contributed by atoms with Gasteiger partial charge in [0.15, 0.2) is 11.9 Å². The van der Waals surface area contributed by atoms with Crippen molar-refractivity contribution in [1.82, 2.24) is 0 Å². The van der Waals surface area contributed by atoms with Gasteiger partial charge in [-0.3, -0.25) is 0 Å². The molecule has 4 saturated heterocycles. The summed E-state index contributed by atoms with van der Waals surface area (Å²) in [7, 11) is 1.91. The third-order valence-electron chi connectivity index (χ3n) is 7.47. The van der Waals surface area contributed by atoms with Crippen molar-refractivity contribution in [2.75, 3.05) is 6.61 Å². The fraction of sp³-hybridized carbons (Fsp3) is 1.00. The van der Waals surface area contributed by atoms with Crippen LogP contribution in [0.1, 0.15) is 52.9 Å². The summed E-state index contributed by atoms with van der Waals surface area (Å²) in [5.41, 5.74) is -1.03. The summed E-state index contributed by atoms with van der Waals surface area (Å²) in [6, 6.07) is 0. The van der Waals surface area contributed by atoms with E-state index in [0.29, 0.717) is 25.2 Å². The van der Waals surface area contributed by atoms with E-state index in [4.69, 9.17) is 24.0 Å². The van der Waals surface area contributed by atoms with Gasteiger partial charge < -0.3 is 14.2 Å². The topological polar surface area (TPSA) is 46.2 Å². The molecule has 2 bridgehead atoms. The van der Waals surface area contributed by atoms with Gasteiger partial charge in [0.25, 0.3) is 5.79 Å². The number of fused-ring (bicyclic) bond motifs is 2. The Kier molecular flexibility index (Phi) is 5.11. The summed E-state index contributed by atoms with van der Waals surface area (Å²) >= 11 is 0. The first-order valence-corrected chi connectivity index (χ1v) is 10.5. The molecule has 0 radical (unpaired) electrons. The van der Waals surface area contributed by atoms with Crippen LogP contribution in [0.15, 0.2) is 0 Å². The van der Waals surface area contributed by atoms with Gasteiger partial charge >= 0.3 is 6.18 Å². The largest absolute Gasteiger partial charge is 0.443 e. The van der Waals surface area contributed by atoms with Crippen molar-refractivity contribution in [3.63, 3.8) is 0 Å². The number of hydrogen-bond donors (Lipinski definition) is 0. The molecule has 160 valence electrons. The summed E-state index contributed by atoms with van der Waals surface area (Å²) in [6.45, 7) is 5.39. The molecular weight excluding hydrogens is 376 g/mol. The maximum absolute atomic E-state index is 14.4. The first kappa shape index (κ1) is 20.9. The molecule has 28 heavy (non-hydrogen) atoms. The number of halogens is 3. The zero-order chi connectivity index (χ0) is 20.4. The number of hydrogen-bond acceptors (Lipinski definition) is 5. The highest BCUT2D eigenvalue weighted by atomic mass is 19.4. The Morgan fingerprint density at radius 1 is 1.07 bits per heavy atom. The molecule has 9 heteroatoms. The van der Waals surface area contributed by atoms with Crippen molar-refractivity contribution in [3.05, 3.63) is 0 Å². The van der Waals surface area contributed by atoms with Crippen LogP contribution in [0, 0.1) is 23.7 Å².